The topological polar surface area (TPSA) is 48.9 Å². The number of anilines is 1. The van der Waals surface area contributed by atoms with Gasteiger partial charge >= 0.3 is 6.18 Å². The lowest BCUT2D eigenvalue weighted by atomic mass is 10.1. The van der Waals surface area contributed by atoms with Crippen LogP contribution in [0, 0.1) is 0 Å². The van der Waals surface area contributed by atoms with E-state index in [0.717, 1.165) is 56.1 Å². The number of rotatable bonds is 7. The van der Waals surface area contributed by atoms with Crippen LogP contribution in [0.2, 0.25) is 0 Å². The predicted octanol–water partition coefficient (Wildman–Crippen LogP) is 4.46. The normalized spacial score (nSPS) is 14.6. The molecule has 1 heterocycles. The van der Waals surface area contributed by atoms with Crippen molar-refractivity contribution < 1.29 is 17.9 Å². The minimum absolute atomic E-state index is 0. The van der Waals surface area contributed by atoms with Crippen molar-refractivity contribution in [3.63, 3.8) is 0 Å². The number of halogens is 4. The monoisotopic (exact) mass is 562 g/mol. The van der Waals surface area contributed by atoms with Gasteiger partial charge in [0, 0.05) is 31.9 Å². The summed E-state index contributed by atoms with van der Waals surface area (Å²) in [6.07, 6.45) is -3.70. The molecule has 9 heteroatoms. The van der Waals surface area contributed by atoms with Gasteiger partial charge in [0.05, 0.1) is 25.3 Å². The quantitative estimate of drug-likeness (QED) is 0.298. The van der Waals surface area contributed by atoms with Crippen molar-refractivity contribution in [2.24, 2.45) is 4.99 Å². The van der Waals surface area contributed by atoms with Crippen molar-refractivity contribution in [3.05, 3.63) is 65.2 Å². The first kappa shape index (κ1) is 26.2. The van der Waals surface area contributed by atoms with Crippen LogP contribution >= 0.6 is 24.0 Å². The molecule has 1 saturated heterocycles. The predicted molar refractivity (Wildman–Crippen MR) is 133 cm³/mol. The highest BCUT2D eigenvalue weighted by molar-refractivity contribution is 14.0. The van der Waals surface area contributed by atoms with Crippen molar-refractivity contribution in [3.8, 4) is 0 Å². The van der Waals surface area contributed by atoms with Gasteiger partial charge in [-0.3, -0.25) is 0 Å². The van der Waals surface area contributed by atoms with Crippen molar-refractivity contribution in [2.45, 2.75) is 26.1 Å². The first-order valence-corrected chi connectivity index (χ1v) is 10.6. The lowest BCUT2D eigenvalue weighted by molar-refractivity contribution is -0.137. The van der Waals surface area contributed by atoms with Gasteiger partial charge in [0.15, 0.2) is 5.96 Å². The van der Waals surface area contributed by atoms with Gasteiger partial charge in [-0.15, -0.1) is 24.0 Å². The highest BCUT2D eigenvalue weighted by atomic mass is 127. The Bertz CT molecular complexity index is 853. The van der Waals surface area contributed by atoms with Gasteiger partial charge in [0.25, 0.3) is 0 Å². The summed E-state index contributed by atoms with van der Waals surface area (Å²) < 4.78 is 43.5. The first-order chi connectivity index (χ1) is 15.0. The third-order valence-electron chi connectivity index (χ3n) is 5.08. The molecule has 2 aromatic carbocycles. The SMILES string of the molecule is CCNC(=NCc1ccccc1N1CCOCC1)NCCc1ccc(C(F)(F)F)cc1.I. The number of nitrogens with one attached hydrogen (secondary N) is 2. The van der Waals surface area contributed by atoms with Gasteiger partial charge < -0.3 is 20.3 Å². The molecule has 0 amide bonds. The molecule has 32 heavy (non-hydrogen) atoms. The molecule has 1 aliphatic rings. The van der Waals surface area contributed by atoms with Crippen molar-refractivity contribution in [2.75, 3.05) is 44.3 Å². The smallest absolute Gasteiger partial charge is 0.378 e. The molecule has 0 saturated carbocycles. The fraction of sp³-hybridized carbons (Fsp3) is 0.435. The summed E-state index contributed by atoms with van der Waals surface area (Å²) in [7, 11) is 0. The Hall–Kier alpha value is -2.01. The number of guanidine groups is 1. The van der Waals surface area contributed by atoms with Crippen molar-refractivity contribution >= 4 is 35.6 Å². The molecule has 176 valence electrons. The molecule has 1 aliphatic heterocycles. The minimum atomic E-state index is -4.31. The maximum atomic E-state index is 12.7. The van der Waals surface area contributed by atoms with E-state index in [-0.39, 0.29) is 24.0 Å². The second-order valence-electron chi connectivity index (χ2n) is 7.29. The van der Waals surface area contributed by atoms with E-state index in [1.54, 1.807) is 0 Å². The van der Waals surface area contributed by atoms with Crippen LogP contribution in [0.25, 0.3) is 0 Å². The molecule has 1 fully saturated rings. The summed E-state index contributed by atoms with van der Waals surface area (Å²) in [6, 6.07) is 13.5. The maximum Gasteiger partial charge on any atom is 0.416 e. The highest BCUT2D eigenvalue weighted by Crippen LogP contribution is 2.29. The van der Waals surface area contributed by atoms with Gasteiger partial charge in [-0.25, -0.2) is 4.99 Å². The molecule has 0 unspecified atom stereocenters. The fourth-order valence-electron chi connectivity index (χ4n) is 3.45. The zero-order valence-electron chi connectivity index (χ0n) is 18.1. The summed E-state index contributed by atoms with van der Waals surface area (Å²) in [5, 5.41) is 6.49. The Labute approximate surface area is 204 Å². The third kappa shape index (κ3) is 7.84. The largest absolute Gasteiger partial charge is 0.416 e. The summed E-state index contributed by atoms with van der Waals surface area (Å²) in [4.78, 5) is 7.02. The van der Waals surface area contributed by atoms with Gasteiger partial charge in [-0.2, -0.15) is 13.2 Å². The number of hydrogen-bond donors (Lipinski definition) is 2. The average molecular weight is 562 g/mol. The highest BCUT2D eigenvalue weighted by Gasteiger charge is 2.29. The molecule has 0 aromatic heterocycles. The van der Waals surface area contributed by atoms with Crippen molar-refractivity contribution in [1.29, 1.82) is 0 Å². The van der Waals surface area contributed by atoms with Crippen molar-refractivity contribution in [1.82, 2.24) is 10.6 Å². The van der Waals surface area contributed by atoms with E-state index in [1.165, 1.54) is 17.8 Å². The van der Waals surface area contributed by atoms with E-state index in [1.807, 2.05) is 19.1 Å². The first-order valence-electron chi connectivity index (χ1n) is 10.6. The fourth-order valence-corrected chi connectivity index (χ4v) is 3.45. The Balaban J connectivity index is 0.00000363. The van der Waals surface area contributed by atoms with Crippen LogP contribution in [0.3, 0.4) is 0 Å². The number of aliphatic imine (C=N–C) groups is 1. The molecule has 2 aromatic rings. The van der Waals surface area contributed by atoms with Crippen LogP contribution in [0.1, 0.15) is 23.6 Å². The minimum Gasteiger partial charge on any atom is -0.378 e. The van der Waals surface area contributed by atoms with Crippen LogP contribution in [0.5, 0.6) is 0 Å². The molecule has 2 N–H and O–H groups in total. The van der Waals surface area contributed by atoms with E-state index < -0.39 is 11.7 Å². The van der Waals surface area contributed by atoms with Crippen LogP contribution in [0.15, 0.2) is 53.5 Å². The van der Waals surface area contributed by atoms with E-state index in [2.05, 4.69) is 27.7 Å². The number of benzene rings is 2. The average Bonchev–Trinajstić information content (AvgIpc) is 2.78. The van der Waals surface area contributed by atoms with Gasteiger partial charge in [0.1, 0.15) is 0 Å². The summed E-state index contributed by atoms with van der Waals surface area (Å²) >= 11 is 0. The molecular formula is C23H30F3IN4O. The van der Waals surface area contributed by atoms with E-state index in [0.29, 0.717) is 25.5 Å². The van der Waals surface area contributed by atoms with E-state index in [9.17, 15) is 13.2 Å². The Morgan fingerprint density at radius 1 is 1.03 bits per heavy atom. The number of hydrogen-bond acceptors (Lipinski definition) is 3. The molecule has 5 nitrogen and oxygen atoms in total. The summed E-state index contributed by atoms with van der Waals surface area (Å²) in [5.41, 5.74) is 2.53. The molecule has 0 radical (unpaired) electrons. The molecule has 0 aliphatic carbocycles. The third-order valence-corrected chi connectivity index (χ3v) is 5.08. The van der Waals surface area contributed by atoms with Gasteiger partial charge in [-0.1, -0.05) is 30.3 Å². The standard InChI is InChI=1S/C23H29F3N4O.HI/c1-2-27-22(28-12-11-18-7-9-20(10-8-18)23(24,25)26)29-17-19-5-3-4-6-21(19)30-13-15-31-16-14-30;/h3-10H,2,11-17H2,1H3,(H2,27,28,29);1H. The Kier molecular flexibility index (Phi) is 10.6. The molecule has 0 spiro atoms. The number of para-hydroxylation sites is 1. The van der Waals surface area contributed by atoms with Gasteiger partial charge in [0.2, 0.25) is 0 Å². The number of alkyl halides is 3. The lowest BCUT2D eigenvalue weighted by Crippen LogP contribution is -2.38. The second kappa shape index (κ2) is 12.9. The maximum absolute atomic E-state index is 12.7. The lowest BCUT2D eigenvalue weighted by Gasteiger charge is -2.30. The molecule has 0 atom stereocenters. The number of nitrogens with zero attached hydrogens (tertiary/aromatic N) is 2. The van der Waals surface area contributed by atoms with E-state index >= 15 is 0 Å². The Morgan fingerprint density at radius 2 is 1.72 bits per heavy atom. The number of morpholine rings is 1. The summed E-state index contributed by atoms with van der Waals surface area (Å²) in [6.45, 7) is 7.01. The zero-order valence-corrected chi connectivity index (χ0v) is 20.5. The van der Waals surface area contributed by atoms with E-state index in [4.69, 9.17) is 9.73 Å². The zero-order chi connectivity index (χ0) is 22.1. The van der Waals surface area contributed by atoms with Crippen LogP contribution in [-0.4, -0.2) is 45.4 Å². The van der Waals surface area contributed by atoms with Crippen LogP contribution in [0.4, 0.5) is 18.9 Å². The molecular weight excluding hydrogens is 532 g/mol. The van der Waals surface area contributed by atoms with Crippen LogP contribution < -0.4 is 15.5 Å². The van der Waals surface area contributed by atoms with Gasteiger partial charge in [-0.05, 0) is 42.7 Å². The second-order valence-corrected chi connectivity index (χ2v) is 7.29. The Morgan fingerprint density at radius 3 is 2.38 bits per heavy atom. The molecule has 3 rings (SSSR count). The molecule has 0 bridgehead atoms. The van der Waals surface area contributed by atoms with Crippen LogP contribution in [-0.2, 0) is 23.9 Å². The number of ether oxygens (including phenoxy) is 1. The summed E-state index contributed by atoms with van der Waals surface area (Å²) in [5.74, 6) is 0.686.